The molecule has 0 radical (unpaired) electrons. The summed E-state index contributed by atoms with van der Waals surface area (Å²) in [6.45, 7) is 4.59. The van der Waals surface area contributed by atoms with Crippen molar-refractivity contribution in [3.8, 4) is 0 Å². The maximum Gasteiger partial charge on any atom is 0.151 e. The van der Waals surface area contributed by atoms with Crippen LogP contribution >= 0.6 is 0 Å². The fraction of sp³-hybridized carbons (Fsp3) is 0.500. The van der Waals surface area contributed by atoms with Gasteiger partial charge in [0.25, 0.3) is 0 Å². The van der Waals surface area contributed by atoms with Gasteiger partial charge in [0.2, 0.25) is 0 Å². The van der Waals surface area contributed by atoms with Gasteiger partial charge in [-0.3, -0.25) is 14.7 Å². The third-order valence-electron chi connectivity index (χ3n) is 2.87. The molecule has 0 aliphatic carbocycles. The molecule has 0 unspecified atom stereocenters. The molecule has 1 aromatic rings. The predicted molar refractivity (Wildman–Crippen MR) is 60.6 cm³/mol. The number of aromatic nitrogens is 1. The Balaban J connectivity index is 1.90. The molecule has 1 aromatic heterocycles. The Morgan fingerprint density at radius 1 is 1.44 bits per heavy atom. The number of ether oxygens (including phenoxy) is 1. The van der Waals surface area contributed by atoms with Crippen molar-refractivity contribution in [1.29, 1.82) is 0 Å². The van der Waals surface area contributed by atoms with E-state index in [-0.39, 0.29) is 0 Å². The Morgan fingerprint density at radius 3 is 3.00 bits per heavy atom. The first-order valence-corrected chi connectivity index (χ1v) is 5.58. The number of nitrogens with zero attached hydrogens (tertiary/aromatic N) is 2. The second-order valence-electron chi connectivity index (χ2n) is 3.90. The van der Waals surface area contributed by atoms with Gasteiger partial charge in [-0.1, -0.05) is 0 Å². The molecule has 0 amide bonds. The molecule has 2 heterocycles. The molecular weight excluding hydrogens is 204 g/mol. The summed E-state index contributed by atoms with van der Waals surface area (Å²) >= 11 is 0. The summed E-state index contributed by atoms with van der Waals surface area (Å²) in [6.07, 6.45) is 5.14. The van der Waals surface area contributed by atoms with Gasteiger partial charge in [-0.25, -0.2) is 0 Å². The molecule has 0 spiro atoms. The average molecular weight is 220 g/mol. The van der Waals surface area contributed by atoms with Gasteiger partial charge in [-0.2, -0.15) is 0 Å². The number of hydrogen-bond donors (Lipinski definition) is 0. The van der Waals surface area contributed by atoms with Crippen LogP contribution in [0.3, 0.4) is 0 Å². The highest BCUT2D eigenvalue weighted by molar-refractivity contribution is 5.76. The maximum atomic E-state index is 10.8. The molecular formula is C12H16N2O2. The molecule has 86 valence electrons. The lowest BCUT2D eigenvalue weighted by Gasteiger charge is -2.26. The molecule has 1 aliphatic heterocycles. The van der Waals surface area contributed by atoms with Crippen LogP contribution in [-0.2, 0) is 11.2 Å². The van der Waals surface area contributed by atoms with Crippen LogP contribution in [-0.4, -0.2) is 49.0 Å². The lowest BCUT2D eigenvalue weighted by molar-refractivity contribution is 0.0384. The molecule has 4 heteroatoms. The maximum absolute atomic E-state index is 10.8. The molecule has 0 aromatic carbocycles. The van der Waals surface area contributed by atoms with Crippen LogP contribution in [0.5, 0.6) is 0 Å². The number of hydrogen-bond acceptors (Lipinski definition) is 4. The van der Waals surface area contributed by atoms with Crippen LogP contribution in [0.1, 0.15) is 15.9 Å². The first-order valence-electron chi connectivity index (χ1n) is 5.58. The van der Waals surface area contributed by atoms with E-state index in [2.05, 4.69) is 9.88 Å². The number of carbonyl (C=O) groups excluding carboxylic acids is 1. The highest BCUT2D eigenvalue weighted by Gasteiger charge is 2.10. The van der Waals surface area contributed by atoms with E-state index in [0.29, 0.717) is 5.56 Å². The quantitative estimate of drug-likeness (QED) is 0.703. The minimum Gasteiger partial charge on any atom is -0.379 e. The van der Waals surface area contributed by atoms with E-state index in [0.717, 1.165) is 51.1 Å². The third kappa shape index (κ3) is 2.87. The minimum absolute atomic E-state index is 0.704. The van der Waals surface area contributed by atoms with E-state index in [1.807, 2.05) is 6.07 Å². The highest BCUT2D eigenvalue weighted by atomic mass is 16.5. The topological polar surface area (TPSA) is 42.4 Å². The second kappa shape index (κ2) is 5.72. The summed E-state index contributed by atoms with van der Waals surface area (Å²) in [5, 5.41) is 0. The molecule has 0 N–H and O–H groups in total. The molecule has 0 bridgehead atoms. The van der Waals surface area contributed by atoms with E-state index in [4.69, 9.17) is 4.74 Å². The standard InChI is InChI=1S/C12H16N2O2/c15-10-12-9-13-3-1-11(12)2-4-14-5-7-16-8-6-14/h1,3,9-10H,2,4-8H2. The molecule has 1 fully saturated rings. The van der Waals surface area contributed by atoms with E-state index in [9.17, 15) is 4.79 Å². The zero-order valence-electron chi connectivity index (χ0n) is 9.26. The molecule has 0 saturated carbocycles. The summed E-state index contributed by atoms with van der Waals surface area (Å²) < 4.78 is 5.29. The van der Waals surface area contributed by atoms with Crippen LogP contribution in [0.4, 0.5) is 0 Å². The zero-order valence-corrected chi connectivity index (χ0v) is 9.26. The number of carbonyl (C=O) groups is 1. The molecule has 4 nitrogen and oxygen atoms in total. The first-order chi connectivity index (χ1) is 7.90. The summed E-state index contributed by atoms with van der Waals surface area (Å²) in [5.41, 5.74) is 1.78. The minimum atomic E-state index is 0.704. The molecule has 0 atom stereocenters. The number of rotatable bonds is 4. The summed E-state index contributed by atoms with van der Waals surface area (Å²) in [5.74, 6) is 0. The van der Waals surface area contributed by atoms with Crippen LogP contribution in [0, 0.1) is 0 Å². The Hall–Kier alpha value is -1.26. The third-order valence-corrected chi connectivity index (χ3v) is 2.87. The van der Waals surface area contributed by atoms with Gasteiger partial charge in [0.15, 0.2) is 6.29 Å². The largest absolute Gasteiger partial charge is 0.379 e. The van der Waals surface area contributed by atoms with Gasteiger partial charge in [0, 0.05) is 37.6 Å². The van der Waals surface area contributed by atoms with Crippen LogP contribution in [0.25, 0.3) is 0 Å². The van der Waals surface area contributed by atoms with Crippen molar-refractivity contribution in [3.05, 3.63) is 29.6 Å². The summed E-state index contributed by atoms with van der Waals surface area (Å²) in [7, 11) is 0. The Bertz CT molecular complexity index is 349. The van der Waals surface area contributed by atoms with Crippen molar-refractivity contribution in [2.24, 2.45) is 0 Å². The zero-order chi connectivity index (χ0) is 11.2. The van der Waals surface area contributed by atoms with Gasteiger partial charge in [-0.05, 0) is 18.1 Å². The molecule has 1 aliphatic rings. The van der Waals surface area contributed by atoms with Crippen molar-refractivity contribution in [3.63, 3.8) is 0 Å². The van der Waals surface area contributed by atoms with Gasteiger partial charge in [0.1, 0.15) is 0 Å². The van der Waals surface area contributed by atoms with Crippen LogP contribution in [0.15, 0.2) is 18.5 Å². The Labute approximate surface area is 95.2 Å². The average Bonchev–Trinajstić information content (AvgIpc) is 2.38. The van der Waals surface area contributed by atoms with Gasteiger partial charge in [-0.15, -0.1) is 0 Å². The number of morpholine rings is 1. The van der Waals surface area contributed by atoms with Crippen molar-refractivity contribution in [2.45, 2.75) is 6.42 Å². The smallest absolute Gasteiger partial charge is 0.151 e. The van der Waals surface area contributed by atoms with E-state index in [1.54, 1.807) is 12.4 Å². The van der Waals surface area contributed by atoms with E-state index >= 15 is 0 Å². The van der Waals surface area contributed by atoms with Gasteiger partial charge >= 0.3 is 0 Å². The monoisotopic (exact) mass is 220 g/mol. The van der Waals surface area contributed by atoms with Crippen molar-refractivity contribution >= 4 is 6.29 Å². The van der Waals surface area contributed by atoms with Crippen LogP contribution < -0.4 is 0 Å². The summed E-state index contributed by atoms with van der Waals surface area (Å²) in [6, 6.07) is 1.92. The number of pyridine rings is 1. The van der Waals surface area contributed by atoms with E-state index in [1.165, 1.54) is 0 Å². The normalized spacial score (nSPS) is 17.2. The Kier molecular flexibility index (Phi) is 4.02. The lowest BCUT2D eigenvalue weighted by Crippen LogP contribution is -2.37. The predicted octanol–water partition coefficient (Wildman–Crippen LogP) is 0.769. The lowest BCUT2D eigenvalue weighted by atomic mass is 10.1. The van der Waals surface area contributed by atoms with Crippen molar-refractivity contribution < 1.29 is 9.53 Å². The highest BCUT2D eigenvalue weighted by Crippen LogP contribution is 2.07. The van der Waals surface area contributed by atoms with Crippen molar-refractivity contribution in [2.75, 3.05) is 32.8 Å². The van der Waals surface area contributed by atoms with Gasteiger partial charge in [0.05, 0.1) is 13.2 Å². The molecule has 1 saturated heterocycles. The fourth-order valence-electron chi connectivity index (χ4n) is 1.87. The van der Waals surface area contributed by atoms with Crippen molar-refractivity contribution in [1.82, 2.24) is 9.88 Å². The molecule has 2 rings (SSSR count). The number of aldehydes is 1. The summed E-state index contributed by atoms with van der Waals surface area (Å²) in [4.78, 5) is 17.1. The molecule has 16 heavy (non-hydrogen) atoms. The van der Waals surface area contributed by atoms with Gasteiger partial charge < -0.3 is 4.74 Å². The fourth-order valence-corrected chi connectivity index (χ4v) is 1.87. The van der Waals surface area contributed by atoms with E-state index < -0.39 is 0 Å². The second-order valence-corrected chi connectivity index (χ2v) is 3.90. The first kappa shape index (κ1) is 11.2. The Morgan fingerprint density at radius 2 is 2.25 bits per heavy atom. The SMILES string of the molecule is O=Cc1cnccc1CCN1CCOCC1. The van der Waals surface area contributed by atoms with Crippen LogP contribution in [0.2, 0.25) is 0 Å².